The molecule has 9 N–H and O–H groups in total. The Morgan fingerprint density at radius 3 is 1.25 bits per heavy atom. The van der Waals surface area contributed by atoms with E-state index in [0.717, 1.165) is 0 Å². The van der Waals surface area contributed by atoms with Gasteiger partial charge in [-0.15, -0.1) is 0 Å². The minimum absolute atomic E-state index is 0.0613. The zero-order chi connectivity index (χ0) is 29.9. The van der Waals surface area contributed by atoms with E-state index in [2.05, 4.69) is 42.2 Å². The van der Waals surface area contributed by atoms with Crippen LogP contribution in [0.1, 0.15) is 38.5 Å². The van der Waals surface area contributed by atoms with Crippen LogP contribution in [0.25, 0.3) is 0 Å². The van der Waals surface area contributed by atoms with Gasteiger partial charge >= 0.3 is 23.9 Å². The fourth-order valence-corrected chi connectivity index (χ4v) is 1.22. The van der Waals surface area contributed by atoms with Gasteiger partial charge in [0.15, 0.2) is 0 Å². The molecule has 0 aromatic rings. The molecule has 0 aromatic carbocycles. The third-order valence-corrected chi connectivity index (χ3v) is 2.67. The second kappa shape index (κ2) is 42.1. The molecular formula is C21H48N6O9. The van der Waals surface area contributed by atoms with E-state index in [4.69, 9.17) is 5.11 Å². The van der Waals surface area contributed by atoms with Crippen LogP contribution in [0, 0.1) is 0 Å². The molecule has 1 rings (SSSR count). The van der Waals surface area contributed by atoms with Crippen molar-refractivity contribution < 1.29 is 43.3 Å². The van der Waals surface area contributed by atoms with E-state index in [1.165, 1.54) is 35.3 Å². The molecular weight excluding hydrogens is 480 g/mol. The molecule has 0 aliphatic carbocycles. The van der Waals surface area contributed by atoms with Crippen molar-refractivity contribution in [2.75, 3.05) is 63.5 Å². The summed E-state index contributed by atoms with van der Waals surface area (Å²) >= 11 is 0. The Morgan fingerprint density at radius 2 is 1.06 bits per heavy atom. The number of aliphatic carboxylic acids is 1. The van der Waals surface area contributed by atoms with Gasteiger partial charge in [-0.2, -0.15) is 0 Å². The van der Waals surface area contributed by atoms with Crippen LogP contribution in [0.15, 0.2) is 0 Å². The molecule has 1 saturated heterocycles. The molecule has 1 aliphatic heterocycles. The maximum atomic E-state index is 10.5. The van der Waals surface area contributed by atoms with Crippen LogP contribution >= 0.6 is 0 Å². The number of hydrogen-bond donors (Lipinski definition) is 7. The lowest BCUT2D eigenvalue weighted by atomic mass is 10.3. The molecule has 1 heterocycles. The Bertz CT molecular complexity index is 530. The summed E-state index contributed by atoms with van der Waals surface area (Å²) in [5, 5.41) is 18.3. The summed E-state index contributed by atoms with van der Waals surface area (Å²) in [6.07, 6.45) is 0.836. The second-order valence-corrected chi connectivity index (χ2v) is 5.66. The van der Waals surface area contributed by atoms with Gasteiger partial charge in [0, 0.05) is 26.9 Å². The highest BCUT2D eigenvalue weighted by Crippen LogP contribution is 2.03. The number of carbonyl (C=O) groups excluding carboxylic acids is 5. The summed E-state index contributed by atoms with van der Waals surface area (Å²) < 4.78 is 8.41. The lowest BCUT2D eigenvalue weighted by Gasteiger charge is -1.97. The summed E-state index contributed by atoms with van der Waals surface area (Å²) in [5.74, 6) is -2.49. The van der Waals surface area contributed by atoms with Crippen molar-refractivity contribution in [2.24, 2.45) is 11.5 Å². The Kier molecular flexibility index (Phi) is 54.0. The number of amides is 2. The topological polar surface area (TPSA) is 241 Å². The van der Waals surface area contributed by atoms with E-state index in [0.29, 0.717) is 0 Å². The molecule has 2 amide bonds. The molecule has 0 radical (unpaired) electrons. The van der Waals surface area contributed by atoms with Gasteiger partial charge in [-0.1, -0.05) is 0 Å². The van der Waals surface area contributed by atoms with Gasteiger partial charge in [0.25, 0.3) is 0 Å². The minimum Gasteiger partial charge on any atom is -0.481 e. The Hall–Kier alpha value is -3.14. The summed E-state index contributed by atoms with van der Waals surface area (Å²) in [4.78, 5) is 61.1. The molecule has 0 bridgehead atoms. The summed E-state index contributed by atoms with van der Waals surface area (Å²) in [5.41, 5.74) is 9.00. The molecule has 0 atom stereocenters. The number of carboxylic acid groups (broad SMARTS) is 1. The molecule has 36 heavy (non-hydrogen) atoms. The first kappa shape index (κ1) is 46.2. The molecule has 0 unspecified atom stereocenters. The molecule has 15 heteroatoms. The van der Waals surface area contributed by atoms with Crippen LogP contribution in [0.4, 0.5) is 0 Å². The lowest BCUT2D eigenvalue weighted by molar-refractivity contribution is -0.152. The fraction of sp³-hybridized carbons (Fsp3) is 0.714. The Morgan fingerprint density at radius 1 is 0.750 bits per heavy atom. The van der Waals surface area contributed by atoms with Crippen molar-refractivity contribution in [3.05, 3.63) is 0 Å². The zero-order valence-electron chi connectivity index (χ0n) is 23.1. The minimum atomic E-state index is -0.946. The van der Waals surface area contributed by atoms with Gasteiger partial charge in [0.2, 0.25) is 11.8 Å². The first-order valence-corrected chi connectivity index (χ1v) is 10.7. The average molecular weight is 529 g/mol. The van der Waals surface area contributed by atoms with Crippen molar-refractivity contribution in [1.29, 1.82) is 0 Å². The van der Waals surface area contributed by atoms with E-state index in [1.807, 2.05) is 28.2 Å². The van der Waals surface area contributed by atoms with Crippen molar-refractivity contribution >= 4 is 35.7 Å². The number of nitrogens with two attached hydrogens (primary N) is 2. The van der Waals surface area contributed by atoms with Crippen LogP contribution < -0.4 is 32.7 Å². The Balaban J connectivity index is -0.0000000798. The number of nitrogens with one attached hydrogen (secondary N) is 4. The molecule has 15 nitrogen and oxygen atoms in total. The van der Waals surface area contributed by atoms with Crippen LogP contribution in [0.2, 0.25) is 0 Å². The van der Waals surface area contributed by atoms with Gasteiger partial charge in [-0.25, -0.2) is 0 Å². The van der Waals surface area contributed by atoms with Gasteiger partial charge in [-0.05, 0) is 42.3 Å². The van der Waals surface area contributed by atoms with Gasteiger partial charge < -0.3 is 47.3 Å². The molecule has 0 saturated carbocycles. The predicted molar refractivity (Wildman–Crippen MR) is 137 cm³/mol. The second-order valence-electron chi connectivity index (χ2n) is 5.66. The molecule has 0 aromatic heterocycles. The van der Waals surface area contributed by atoms with Crippen molar-refractivity contribution in [2.45, 2.75) is 38.5 Å². The monoisotopic (exact) mass is 528 g/mol. The van der Waals surface area contributed by atoms with Crippen LogP contribution in [0.3, 0.4) is 0 Å². The van der Waals surface area contributed by atoms with Crippen molar-refractivity contribution in [1.82, 2.24) is 21.3 Å². The van der Waals surface area contributed by atoms with Gasteiger partial charge in [0.05, 0.1) is 32.8 Å². The number of ether oxygens (including phenoxy) is 2. The normalized spacial score (nSPS) is 9.75. The first-order chi connectivity index (χ1) is 17.0. The zero-order valence-corrected chi connectivity index (χ0v) is 23.1. The van der Waals surface area contributed by atoms with E-state index in [-0.39, 0.29) is 56.3 Å². The van der Waals surface area contributed by atoms with Crippen LogP contribution in [-0.4, -0.2) is 104 Å². The largest absolute Gasteiger partial charge is 0.481 e. The average Bonchev–Trinajstić information content (AvgIpc) is 3.27. The quantitative estimate of drug-likeness (QED) is 0.145. The third kappa shape index (κ3) is 57.6. The van der Waals surface area contributed by atoms with Crippen molar-refractivity contribution in [3.63, 3.8) is 0 Å². The molecule has 216 valence electrons. The lowest BCUT2D eigenvalue weighted by Crippen LogP contribution is -2.18. The van der Waals surface area contributed by atoms with E-state index < -0.39 is 17.9 Å². The number of carbonyl (C=O) groups is 6. The van der Waals surface area contributed by atoms with Crippen molar-refractivity contribution in [3.8, 4) is 0 Å². The number of carboxylic acids is 1. The van der Waals surface area contributed by atoms with Gasteiger partial charge in [-0.3, -0.25) is 28.8 Å². The molecule has 1 fully saturated rings. The van der Waals surface area contributed by atoms with Gasteiger partial charge in [0.1, 0.15) is 0 Å². The number of methoxy groups -OCH3 is 1. The Labute approximate surface area is 214 Å². The molecule has 1 aliphatic rings. The number of rotatable bonds is 6. The molecule has 0 spiro atoms. The number of esters is 3. The van der Waals surface area contributed by atoms with E-state index >= 15 is 0 Å². The maximum absolute atomic E-state index is 10.5. The highest BCUT2D eigenvalue weighted by Gasteiger charge is 2.19. The SMILES string of the molecule is CN.CN.CNC.CNC.CNC(=O)CCC(=O)O.CNC(=O)CCC(=O)OC.O=C1CCC(=O)O1. The number of hydrogen-bond acceptors (Lipinski definition) is 12. The predicted octanol–water partition coefficient (Wildman–Crippen LogP) is -2.05. The van der Waals surface area contributed by atoms with Crippen LogP contribution in [0.5, 0.6) is 0 Å². The highest BCUT2D eigenvalue weighted by atomic mass is 16.6. The van der Waals surface area contributed by atoms with E-state index in [1.54, 1.807) is 0 Å². The summed E-state index contributed by atoms with van der Waals surface area (Å²) in [7, 11) is 14.8. The number of cyclic esters (lactones) is 2. The van der Waals surface area contributed by atoms with Crippen LogP contribution in [-0.2, 0) is 38.2 Å². The fourth-order valence-electron chi connectivity index (χ4n) is 1.22. The summed E-state index contributed by atoms with van der Waals surface area (Å²) in [6, 6.07) is 0. The summed E-state index contributed by atoms with van der Waals surface area (Å²) in [6.45, 7) is 0. The maximum Gasteiger partial charge on any atom is 0.314 e. The standard InChI is InChI=1S/C6H11NO3.C5H9NO3.C4H4O3.2C2H7N.2CH5N/c1-7-5(8)3-4-6(9)10-2;1-6-4(7)2-3-5(8)9;5-3-1-2-4(6)7-3;2*1-3-2;2*1-2/h3-4H2,1-2H3,(H,7,8);2-3H2,1H3,(H,6,7)(H,8,9);1-2H2;2*3H,1-2H3;2*2H2,1H3. The highest BCUT2D eigenvalue weighted by molar-refractivity contribution is 5.92. The third-order valence-electron chi connectivity index (χ3n) is 2.67. The van der Waals surface area contributed by atoms with E-state index in [9.17, 15) is 28.8 Å². The smallest absolute Gasteiger partial charge is 0.314 e. The first-order valence-electron chi connectivity index (χ1n) is 10.7.